The predicted molar refractivity (Wildman–Crippen MR) is 76.6 cm³/mol. The van der Waals surface area contributed by atoms with E-state index in [1.54, 1.807) is 0 Å². The van der Waals surface area contributed by atoms with Gasteiger partial charge in [0.2, 0.25) is 0 Å². The summed E-state index contributed by atoms with van der Waals surface area (Å²) in [6.07, 6.45) is -4.47. The van der Waals surface area contributed by atoms with E-state index in [1.165, 1.54) is 6.07 Å². The SMILES string of the molecule is CC(c1cc(F)ccc1B1OC(C)(C)C(C)(C)O1)C(F)(F)F. The lowest BCUT2D eigenvalue weighted by Gasteiger charge is -2.32. The third kappa shape index (κ3) is 3.01. The Labute approximate surface area is 127 Å². The molecule has 0 N–H and O–H groups in total. The Morgan fingerprint density at radius 2 is 1.55 bits per heavy atom. The minimum atomic E-state index is -4.47. The second kappa shape index (κ2) is 5.23. The highest BCUT2D eigenvalue weighted by molar-refractivity contribution is 6.62. The number of rotatable bonds is 2. The van der Waals surface area contributed by atoms with Crippen molar-refractivity contribution in [2.24, 2.45) is 0 Å². The van der Waals surface area contributed by atoms with Gasteiger partial charge in [0.15, 0.2) is 0 Å². The highest BCUT2D eigenvalue weighted by atomic mass is 19.4. The van der Waals surface area contributed by atoms with E-state index in [0.29, 0.717) is 0 Å². The molecule has 1 fully saturated rings. The second-order valence-electron chi connectivity index (χ2n) is 6.62. The fraction of sp³-hybridized carbons (Fsp3) is 0.600. The standard InChI is InChI=1S/C15H19BF4O2/c1-9(15(18,19)20)11-8-10(17)6-7-12(11)16-21-13(2,3)14(4,5)22-16/h6-9H,1-5H3. The van der Waals surface area contributed by atoms with Gasteiger partial charge in [-0.25, -0.2) is 4.39 Å². The van der Waals surface area contributed by atoms with Crippen molar-refractivity contribution in [1.82, 2.24) is 0 Å². The van der Waals surface area contributed by atoms with E-state index >= 15 is 0 Å². The van der Waals surface area contributed by atoms with E-state index < -0.39 is 36.2 Å². The van der Waals surface area contributed by atoms with Crippen molar-refractivity contribution in [1.29, 1.82) is 0 Å². The maximum atomic E-state index is 13.4. The first-order valence-corrected chi connectivity index (χ1v) is 7.07. The first-order chi connectivity index (χ1) is 9.85. The fourth-order valence-electron chi connectivity index (χ4n) is 2.28. The van der Waals surface area contributed by atoms with E-state index in [0.717, 1.165) is 19.1 Å². The van der Waals surface area contributed by atoms with Crippen LogP contribution in [0, 0.1) is 5.82 Å². The van der Waals surface area contributed by atoms with Crippen molar-refractivity contribution in [3.8, 4) is 0 Å². The second-order valence-corrected chi connectivity index (χ2v) is 6.62. The van der Waals surface area contributed by atoms with Gasteiger partial charge in [0.25, 0.3) is 0 Å². The fourth-order valence-corrected chi connectivity index (χ4v) is 2.28. The number of benzene rings is 1. The van der Waals surface area contributed by atoms with Crippen molar-refractivity contribution >= 4 is 12.6 Å². The quantitative estimate of drug-likeness (QED) is 0.610. The molecule has 1 unspecified atom stereocenters. The molecule has 1 atom stereocenters. The lowest BCUT2D eigenvalue weighted by Crippen LogP contribution is -2.41. The van der Waals surface area contributed by atoms with Crippen molar-refractivity contribution in [2.75, 3.05) is 0 Å². The molecule has 0 spiro atoms. The minimum absolute atomic E-state index is 0.161. The first kappa shape index (κ1) is 17.3. The normalized spacial score (nSPS) is 22.0. The molecule has 1 aromatic rings. The van der Waals surface area contributed by atoms with Gasteiger partial charge in [-0.3, -0.25) is 0 Å². The average molecular weight is 318 g/mol. The van der Waals surface area contributed by atoms with Crippen LogP contribution in [0.5, 0.6) is 0 Å². The summed E-state index contributed by atoms with van der Waals surface area (Å²) in [4.78, 5) is 0. The lowest BCUT2D eigenvalue weighted by atomic mass is 9.73. The molecule has 0 bridgehead atoms. The zero-order valence-corrected chi connectivity index (χ0v) is 13.2. The largest absolute Gasteiger partial charge is 0.495 e. The summed E-state index contributed by atoms with van der Waals surface area (Å²) in [6, 6.07) is 3.32. The summed E-state index contributed by atoms with van der Waals surface area (Å²) in [5, 5.41) is 0. The summed E-state index contributed by atoms with van der Waals surface area (Å²) in [5.74, 6) is -2.52. The highest BCUT2D eigenvalue weighted by Gasteiger charge is 2.53. The van der Waals surface area contributed by atoms with Gasteiger partial charge in [-0.15, -0.1) is 0 Å². The third-order valence-corrected chi connectivity index (χ3v) is 4.51. The molecule has 1 heterocycles. The molecule has 0 saturated carbocycles. The number of halogens is 4. The lowest BCUT2D eigenvalue weighted by molar-refractivity contribution is -0.146. The smallest absolute Gasteiger partial charge is 0.399 e. The minimum Gasteiger partial charge on any atom is -0.399 e. The van der Waals surface area contributed by atoms with E-state index in [4.69, 9.17) is 9.31 Å². The number of alkyl halides is 3. The van der Waals surface area contributed by atoms with Gasteiger partial charge >= 0.3 is 13.3 Å². The monoisotopic (exact) mass is 318 g/mol. The zero-order chi connectivity index (χ0) is 16.9. The molecule has 0 aliphatic carbocycles. The summed E-state index contributed by atoms with van der Waals surface area (Å²) < 4.78 is 64.1. The van der Waals surface area contributed by atoms with E-state index in [1.807, 2.05) is 27.7 Å². The molecule has 1 aliphatic heterocycles. The summed E-state index contributed by atoms with van der Waals surface area (Å²) in [5.41, 5.74) is -1.30. The van der Waals surface area contributed by atoms with Crippen LogP contribution in [0.4, 0.5) is 17.6 Å². The molecule has 1 aliphatic rings. The Kier molecular flexibility index (Phi) is 4.11. The Balaban J connectivity index is 2.45. The topological polar surface area (TPSA) is 18.5 Å². The van der Waals surface area contributed by atoms with Crippen molar-refractivity contribution < 1.29 is 26.9 Å². The van der Waals surface area contributed by atoms with Crippen LogP contribution >= 0.6 is 0 Å². The van der Waals surface area contributed by atoms with Gasteiger partial charge in [-0.05, 0) is 57.8 Å². The molecule has 0 amide bonds. The van der Waals surface area contributed by atoms with Crippen molar-refractivity contribution in [3.05, 3.63) is 29.6 Å². The summed E-state index contributed by atoms with van der Waals surface area (Å²) in [6.45, 7) is 8.24. The van der Waals surface area contributed by atoms with Crippen molar-refractivity contribution in [3.63, 3.8) is 0 Å². The molecule has 2 rings (SSSR count). The van der Waals surface area contributed by atoms with Gasteiger partial charge in [-0.1, -0.05) is 6.07 Å². The van der Waals surface area contributed by atoms with E-state index in [-0.39, 0.29) is 11.0 Å². The van der Waals surface area contributed by atoms with Crippen LogP contribution in [-0.4, -0.2) is 24.5 Å². The van der Waals surface area contributed by atoms with E-state index in [2.05, 4.69) is 0 Å². The molecule has 122 valence electrons. The predicted octanol–water partition coefficient (Wildman–Crippen LogP) is 3.79. The third-order valence-electron chi connectivity index (χ3n) is 4.51. The molecule has 2 nitrogen and oxygen atoms in total. The Morgan fingerprint density at radius 1 is 1.05 bits per heavy atom. The molecular weight excluding hydrogens is 299 g/mol. The van der Waals surface area contributed by atoms with Gasteiger partial charge in [-0.2, -0.15) is 13.2 Å². The van der Waals surface area contributed by atoms with Crippen LogP contribution in [0.25, 0.3) is 0 Å². The Bertz CT molecular complexity index is 553. The molecule has 0 aromatic heterocycles. The summed E-state index contributed by atoms with van der Waals surface area (Å²) in [7, 11) is -0.953. The number of hydrogen-bond acceptors (Lipinski definition) is 2. The van der Waals surface area contributed by atoms with Gasteiger partial charge < -0.3 is 9.31 Å². The van der Waals surface area contributed by atoms with Gasteiger partial charge in [0.1, 0.15) is 5.82 Å². The average Bonchev–Trinajstić information content (AvgIpc) is 2.56. The molecule has 1 aromatic carbocycles. The first-order valence-electron chi connectivity index (χ1n) is 7.07. The molecular formula is C15H19BF4O2. The molecule has 22 heavy (non-hydrogen) atoms. The van der Waals surface area contributed by atoms with Crippen LogP contribution in [0.15, 0.2) is 18.2 Å². The number of hydrogen-bond donors (Lipinski definition) is 0. The molecule has 0 radical (unpaired) electrons. The maximum absolute atomic E-state index is 13.4. The van der Waals surface area contributed by atoms with E-state index in [9.17, 15) is 17.6 Å². The summed E-state index contributed by atoms with van der Waals surface area (Å²) >= 11 is 0. The Hall–Kier alpha value is -1.08. The molecule has 7 heteroatoms. The molecule has 1 saturated heterocycles. The highest BCUT2D eigenvalue weighted by Crippen LogP contribution is 2.39. The van der Waals surface area contributed by atoms with Gasteiger partial charge in [0.05, 0.1) is 17.1 Å². The van der Waals surface area contributed by atoms with Gasteiger partial charge in [0, 0.05) is 0 Å². The van der Waals surface area contributed by atoms with Crippen LogP contribution in [0.2, 0.25) is 0 Å². The zero-order valence-electron chi connectivity index (χ0n) is 13.2. The van der Waals surface area contributed by atoms with Crippen LogP contribution in [0.1, 0.15) is 46.1 Å². The van der Waals surface area contributed by atoms with Crippen molar-refractivity contribution in [2.45, 2.75) is 57.9 Å². The van der Waals surface area contributed by atoms with Crippen LogP contribution in [0.3, 0.4) is 0 Å². The Morgan fingerprint density at radius 3 is 2.00 bits per heavy atom. The van der Waals surface area contributed by atoms with Crippen LogP contribution < -0.4 is 5.46 Å². The van der Waals surface area contributed by atoms with Crippen LogP contribution in [-0.2, 0) is 9.31 Å². The maximum Gasteiger partial charge on any atom is 0.495 e.